The van der Waals surface area contributed by atoms with Gasteiger partial charge in [-0.3, -0.25) is 14.5 Å². The highest BCUT2D eigenvalue weighted by Crippen LogP contribution is 2.45. The van der Waals surface area contributed by atoms with E-state index in [2.05, 4.69) is 17.1 Å². The second-order valence-corrected chi connectivity index (χ2v) is 13.2. The van der Waals surface area contributed by atoms with Gasteiger partial charge in [0.2, 0.25) is 5.13 Å². The summed E-state index contributed by atoms with van der Waals surface area (Å²) in [7, 11) is 0. The Balaban J connectivity index is 1.37. The first-order valence-electron chi connectivity index (χ1n) is 14.9. The summed E-state index contributed by atoms with van der Waals surface area (Å²) in [5, 5.41) is 20.4. The number of unbranched alkanes of at least 4 members (excludes halogenated alkanes) is 2. The molecule has 11 heteroatoms. The summed E-state index contributed by atoms with van der Waals surface area (Å²) in [6, 6.07) is 17.8. The van der Waals surface area contributed by atoms with Gasteiger partial charge < -0.3 is 14.6 Å². The maximum atomic E-state index is 13.7. The Morgan fingerprint density at radius 3 is 2.73 bits per heavy atom. The van der Waals surface area contributed by atoms with Crippen LogP contribution in [0.3, 0.4) is 0 Å². The minimum absolute atomic E-state index is 0.00979. The van der Waals surface area contributed by atoms with Gasteiger partial charge in [0.1, 0.15) is 29.2 Å². The molecular formula is C34H32FN3O5S2. The molecule has 0 saturated carbocycles. The average Bonchev–Trinajstić information content (AvgIpc) is 3.73. The molecule has 2 atom stereocenters. The summed E-state index contributed by atoms with van der Waals surface area (Å²) in [6.45, 7) is 4.63. The van der Waals surface area contributed by atoms with E-state index < -0.39 is 17.7 Å². The number of fused-ring (bicyclic) bond motifs is 1. The Morgan fingerprint density at radius 1 is 1.11 bits per heavy atom. The van der Waals surface area contributed by atoms with E-state index in [-0.39, 0.29) is 28.4 Å². The zero-order chi connectivity index (χ0) is 31.5. The summed E-state index contributed by atoms with van der Waals surface area (Å²) < 4.78 is 25.7. The number of nitrogens with zero attached hydrogens (tertiary/aromatic N) is 3. The zero-order valence-corrected chi connectivity index (χ0v) is 26.5. The molecule has 0 aliphatic carbocycles. The molecule has 1 aromatic heterocycles. The molecule has 2 unspecified atom stereocenters. The first-order valence-corrected chi connectivity index (χ1v) is 16.7. The van der Waals surface area contributed by atoms with Crippen LogP contribution in [0.25, 0.3) is 5.76 Å². The van der Waals surface area contributed by atoms with Crippen molar-refractivity contribution in [1.29, 1.82) is 0 Å². The molecule has 232 valence electrons. The zero-order valence-electron chi connectivity index (χ0n) is 24.9. The lowest BCUT2D eigenvalue weighted by atomic mass is 9.94. The van der Waals surface area contributed by atoms with E-state index >= 15 is 0 Å². The number of aliphatic hydroxyl groups is 1. The van der Waals surface area contributed by atoms with Gasteiger partial charge in [0, 0.05) is 17.7 Å². The number of aromatic nitrogens is 2. The van der Waals surface area contributed by atoms with Crippen molar-refractivity contribution in [2.24, 2.45) is 0 Å². The second-order valence-electron chi connectivity index (χ2n) is 11.0. The number of rotatable bonds is 11. The fraction of sp³-hybridized carbons (Fsp3) is 0.294. The summed E-state index contributed by atoms with van der Waals surface area (Å²) >= 11 is 2.57. The molecule has 6 rings (SSSR count). The molecule has 1 N–H and O–H groups in total. The third kappa shape index (κ3) is 6.60. The normalized spacial score (nSPS) is 18.7. The fourth-order valence-corrected chi connectivity index (χ4v) is 7.29. The highest BCUT2D eigenvalue weighted by atomic mass is 32.2. The van der Waals surface area contributed by atoms with Crippen molar-refractivity contribution in [2.75, 3.05) is 11.5 Å². The Labute approximate surface area is 268 Å². The smallest absolute Gasteiger partial charge is 0.301 e. The van der Waals surface area contributed by atoms with Gasteiger partial charge in [-0.15, -0.1) is 10.2 Å². The van der Waals surface area contributed by atoms with E-state index in [9.17, 15) is 19.1 Å². The number of anilines is 1. The Hall–Kier alpha value is -4.22. The number of aliphatic hydroxyl groups excluding tert-OH is 1. The third-order valence-corrected chi connectivity index (χ3v) is 9.81. The van der Waals surface area contributed by atoms with Crippen molar-refractivity contribution < 1.29 is 28.6 Å². The van der Waals surface area contributed by atoms with Crippen molar-refractivity contribution in [3.63, 3.8) is 0 Å². The Kier molecular flexibility index (Phi) is 9.18. The van der Waals surface area contributed by atoms with Gasteiger partial charge in [-0.05, 0) is 72.5 Å². The molecule has 3 aromatic carbocycles. The van der Waals surface area contributed by atoms with Crippen molar-refractivity contribution >= 4 is 45.7 Å². The number of ether oxygens (including phenoxy) is 2. The largest absolute Gasteiger partial charge is 0.507 e. The average molecular weight is 646 g/mol. The molecule has 45 heavy (non-hydrogen) atoms. The predicted molar refractivity (Wildman–Crippen MR) is 172 cm³/mol. The van der Waals surface area contributed by atoms with Crippen LogP contribution in [0.1, 0.15) is 61.4 Å². The molecular weight excluding hydrogens is 614 g/mol. The monoisotopic (exact) mass is 645 g/mol. The van der Waals surface area contributed by atoms with Crippen LogP contribution in [-0.2, 0) is 21.8 Å². The van der Waals surface area contributed by atoms with Crippen LogP contribution in [0.2, 0.25) is 0 Å². The number of carbonyl (C=O) groups is 2. The van der Waals surface area contributed by atoms with Crippen molar-refractivity contribution in [1.82, 2.24) is 10.2 Å². The lowest BCUT2D eigenvalue weighted by molar-refractivity contribution is -0.132. The first kappa shape index (κ1) is 30.8. The molecule has 8 nitrogen and oxygen atoms in total. The molecule has 0 radical (unpaired) electrons. The van der Waals surface area contributed by atoms with Gasteiger partial charge in [-0.2, -0.15) is 0 Å². The van der Waals surface area contributed by atoms with Crippen LogP contribution in [0.5, 0.6) is 11.5 Å². The summed E-state index contributed by atoms with van der Waals surface area (Å²) in [5.41, 5.74) is 2.81. The quantitative estimate of drug-likeness (QED) is 0.0447. The van der Waals surface area contributed by atoms with Crippen LogP contribution >= 0.6 is 23.1 Å². The van der Waals surface area contributed by atoms with Crippen LogP contribution in [0.15, 0.2) is 76.6 Å². The maximum absolute atomic E-state index is 13.7. The van der Waals surface area contributed by atoms with E-state index in [1.165, 1.54) is 40.1 Å². The number of carbonyl (C=O) groups excluding carboxylic acids is 2. The summed E-state index contributed by atoms with van der Waals surface area (Å²) in [5.74, 6) is -0.333. The molecule has 1 fully saturated rings. The molecule has 0 spiro atoms. The summed E-state index contributed by atoms with van der Waals surface area (Å²) in [6.07, 6.45) is 3.70. The highest BCUT2D eigenvalue weighted by Gasteiger charge is 2.48. The summed E-state index contributed by atoms with van der Waals surface area (Å²) in [4.78, 5) is 28.7. The number of ketones is 1. The number of Topliss-reactive ketones (excluding diaryl/α,β-unsaturated/α-hetero) is 1. The first-order chi connectivity index (χ1) is 21.8. The fourth-order valence-electron chi connectivity index (χ4n) is 5.47. The molecule has 2 aliphatic rings. The van der Waals surface area contributed by atoms with Gasteiger partial charge in [0.25, 0.3) is 5.78 Å². The molecule has 4 aromatic rings. The van der Waals surface area contributed by atoms with Crippen molar-refractivity contribution in [3.8, 4) is 11.5 Å². The number of thioether (sulfide) groups is 1. The van der Waals surface area contributed by atoms with E-state index in [1.807, 2.05) is 19.1 Å². The molecule has 0 bridgehead atoms. The predicted octanol–water partition coefficient (Wildman–Crippen LogP) is 7.49. The second kappa shape index (κ2) is 13.4. The van der Waals surface area contributed by atoms with Crippen LogP contribution in [0.4, 0.5) is 9.52 Å². The third-order valence-electron chi connectivity index (χ3n) is 7.68. The van der Waals surface area contributed by atoms with Crippen LogP contribution in [0, 0.1) is 5.82 Å². The molecule has 1 amide bonds. The minimum Gasteiger partial charge on any atom is -0.507 e. The number of amides is 1. The SMILES string of the molecule is CCCCCOc1cccc(C2C(=C(O)c3ccc4c(c3)CC(C)O4)C(=O)C(=O)N2c2nnc(SCc3ccc(F)cc3)s2)c1. The lowest BCUT2D eigenvalue weighted by Crippen LogP contribution is -2.29. The van der Waals surface area contributed by atoms with Gasteiger partial charge in [0.15, 0.2) is 4.34 Å². The minimum atomic E-state index is -0.962. The molecule has 3 heterocycles. The van der Waals surface area contributed by atoms with Gasteiger partial charge in [-0.1, -0.05) is 67.1 Å². The van der Waals surface area contributed by atoms with E-state index in [1.54, 1.807) is 42.5 Å². The van der Waals surface area contributed by atoms with Gasteiger partial charge in [-0.25, -0.2) is 4.39 Å². The topological polar surface area (TPSA) is 102 Å². The number of hydrogen-bond acceptors (Lipinski definition) is 9. The van der Waals surface area contributed by atoms with Gasteiger partial charge in [0.05, 0.1) is 18.2 Å². The lowest BCUT2D eigenvalue weighted by Gasteiger charge is -2.23. The maximum Gasteiger partial charge on any atom is 0.301 e. The van der Waals surface area contributed by atoms with Crippen molar-refractivity contribution in [3.05, 3.63) is 100 Å². The van der Waals surface area contributed by atoms with Gasteiger partial charge >= 0.3 is 5.91 Å². The highest BCUT2D eigenvalue weighted by molar-refractivity contribution is 8.00. The van der Waals surface area contributed by atoms with E-state index in [0.29, 0.717) is 40.0 Å². The van der Waals surface area contributed by atoms with Crippen LogP contribution < -0.4 is 14.4 Å². The van der Waals surface area contributed by atoms with E-state index in [4.69, 9.17) is 9.47 Å². The number of halogens is 1. The van der Waals surface area contributed by atoms with Crippen molar-refractivity contribution in [2.45, 2.75) is 61.8 Å². The Bertz CT molecular complexity index is 1760. The molecule has 2 aliphatic heterocycles. The molecule has 1 saturated heterocycles. The standard InChI is InChI=1S/C34H32FN3O5S2/c1-3-4-5-15-42-26-8-6-7-22(18-26)29-28(30(39)23-11-14-27-24(17-23)16-20(2)43-27)31(40)32(41)38(29)33-36-37-34(45-33)44-19-21-9-12-25(35)13-10-21/h6-14,17-18,20,29,39H,3-5,15-16,19H2,1-2H3. The Morgan fingerprint density at radius 2 is 1.93 bits per heavy atom. The van der Waals surface area contributed by atoms with E-state index in [0.717, 1.165) is 36.1 Å². The number of hydrogen-bond donors (Lipinski definition) is 1. The van der Waals surface area contributed by atoms with Crippen LogP contribution in [-0.4, -0.2) is 39.7 Å². The number of benzene rings is 3.